The molecule has 1 fully saturated rings. The van der Waals surface area contributed by atoms with Crippen molar-refractivity contribution in [1.82, 2.24) is 9.80 Å². The molecule has 1 heterocycles. The van der Waals surface area contributed by atoms with Crippen molar-refractivity contribution in [2.24, 2.45) is 0 Å². The van der Waals surface area contributed by atoms with Crippen LogP contribution in [0, 0.1) is 6.92 Å². The van der Waals surface area contributed by atoms with Crippen LogP contribution in [0.3, 0.4) is 0 Å². The number of carbonyl (C=O) groups is 2. The Morgan fingerprint density at radius 1 is 1.29 bits per heavy atom. The second kappa shape index (κ2) is 7.07. The molecule has 112 valence electrons. The van der Waals surface area contributed by atoms with E-state index in [4.69, 9.17) is 0 Å². The summed E-state index contributed by atoms with van der Waals surface area (Å²) in [6.07, 6.45) is 2.35. The van der Waals surface area contributed by atoms with Gasteiger partial charge in [0.1, 0.15) is 0 Å². The molecule has 0 aliphatic carbocycles. The first kappa shape index (κ1) is 15.3. The van der Waals surface area contributed by atoms with E-state index in [0.29, 0.717) is 39.0 Å². The largest absolute Gasteiger partial charge is 0.340 e. The van der Waals surface area contributed by atoms with Gasteiger partial charge in [-0.05, 0) is 18.1 Å². The molecule has 4 heteroatoms. The Morgan fingerprint density at radius 3 is 2.76 bits per heavy atom. The van der Waals surface area contributed by atoms with E-state index in [9.17, 15) is 9.59 Å². The Balaban J connectivity index is 2.02. The Labute approximate surface area is 126 Å². The molecule has 21 heavy (non-hydrogen) atoms. The van der Waals surface area contributed by atoms with E-state index in [2.05, 4.69) is 19.6 Å². The molecule has 2 amide bonds. The van der Waals surface area contributed by atoms with E-state index in [1.54, 1.807) is 11.0 Å². The number of nitrogens with zero attached hydrogens (tertiary/aromatic N) is 2. The fraction of sp³-hybridized carbons (Fsp3) is 0.412. The van der Waals surface area contributed by atoms with E-state index >= 15 is 0 Å². The summed E-state index contributed by atoms with van der Waals surface area (Å²) in [6, 6.07) is 8.09. The Hall–Kier alpha value is -2.10. The van der Waals surface area contributed by atoms with Crippen molar-refractivity contribution >= 4 is 11.8 Å². The molecular formula is C17H22N2O2. The van der Waals surface area contributed by atoms with E-state index in [0.717, 1.165) is 5.56 Å². The molecule has 4 nitrogen and oxygen atoms in total. The topological polar surface area (TPSA) is 40.6 Å². The van der Waals surface area contributed by atoms with Crippen molar-refractivity contribution in [3.05, 3.63) is 48.0 Å². The van der Waals surface area contributed by atoms with Crippen molar-refractivity contribution in [3.63, 3.8) is 0 Å². The lowest BCUT2D eigenvalue weighted by molar-refractivity contribution is -0.130. The van der Waals surface area contributed by atoms with Crippen molar-refractivity contribution in [2.45, 2.75) is 26.3 Å². The van der Waals surface area contributed by atoms with E-state index in [1.165, 1.54) is 5.56 Å². The molecule has 0 bridgehead atoms. The molecule has 0 unspecified atom stereocenters. The van der Waals surface area contributed by atoms with Crippen molar-refractivity contribution < 1.29 is 9.59 Å². The van der Waals surface area contributed by atoms with Crippen molar-refractivity contribution in [3.8, 4) is 0 Å². The van der Waals surface area contributed by atoms with Gasteiger partial charge in [-0.1, -0.05) is 30.3 Å². The minimum Gasteiger partial charge on any atom is -0.340 e. The third kappa shape index (κ3) is 3.94. The quantitative estimate of drug-likeness (QED) is 0.796. The Bertz CT molecular complexity index is 539. The van der Waals surface area contributed by atoms with Crippen LogP contribution >= 0.6 is 0 Å². The monoisotopic (exact) mass is 286 g/mol. The number of aryl methyl sites for hydroxylation is 1. The second-order valence-corrected chi connectivity index (χ2v) is 5.37. The number of rotatable bonds is 4. The van der Waals surface area contributed by atoms with E-state index in [1.807, 2.05) is 23.1 Å². The zero-order valence-electron chi connectivity index (χ0n) is 12.5. The third-order valence-corrected chi connectivity index (χ3v) is 3.88. The Morgan fingerprint density at radius 2 is 2.05 bits per heavy atom. The van der Waals surface area contributed by atoms with E-state index < -0.39 is 0 Å². The number of hydrogen-bond donors (Lipinski definition) is 0. The maximum absolute atomic E-state index is 12.2. The van der Waals surface area contributed by atoms with Gasteiger partial charge in [-0.2, -0.15) is 0 Å². The first-order chi connectivity index (χ1) is 10.1. The minimum atomic E-state index is 0.0514. The molecular weight excluding hydrogens is 264 g/mol. The van der Waals surface area contributed by atoms with Gasteiger partial charge in [-0.3, -0.25) is 9.59 Å². The maximum Gasteiger partial charge on any atom is 0.226 e. The summed E-state index contributed by atoms with van der Waals surface area (Å²) in [5, 5.41) is 0. The molecule has 0 atom stereocenters. The number of benzene rings is 1. The molecule has 0 radical (unpaired) electrons. The highest BCUT2D eigenvalue weighted by molar-refractivity contribution is 5.81. The molecule has 0 aromatic heterocycles. The molecule has 0 N–H and O–H groups in total. The van der Waals surface area contributed by atoms with Crippen LogP contribution in [0.2, 0.25) is 0 Å². The van der Waals surface area contributed by atoms with Crippen LogP contribution in [0.25, 0.3) is 0 Å². The van der Waals surface area contributed by atoms with Gasteiger partial charge in [0.2, 0.25) is 11.8 Å². The highest BCUT2D eigenvalue weighted by Crippen LogP contribution is 2.14. The van der Waals surface area contributed by atoms with Crippen LogP contribution in [0.4, 0.5) is 0 Å². The lowest BCUT2D eigenvalue weighted by atomic mass is 10.1. The average Bonchev–Trinajstić information content (AvgIpc) is 2.65. The lowest BCUT2D eigenvalue weighted by Gasteiger charge is -2.22. The predicted octanol–water partition coefficient (Wildman–Crippen LogP) is 2.13. The van der Waals surface area contributed by atoms with Gasteiger partial charge < -0.3 is 9.80 Å². The van der Waals surface area contributed by atoms with Crippen LogP contribution in [0.15, 0.2) is 36.9 Å². The Kier molecular flexibility index (Phi) is 5.14. The van der Waals surface area contributed by atoms with Crippen LogP contribution in [-0.2, 0) is 16.1 Å². The maximum atomic E-state index is 12.2. The van der Waals surface area contributed by atoms with Crippen molar-refractivity contribution in [2.75, 3.05) is 19.6 Å². The highest BCUT2D eigenvalue weighted by Gasteiger charge is 2.23. The van der Waals surface area contributed by atoms with Crippen LogP contribution < -0.4 is 0 Å². The molecule has 1 aromatic carbocycles. The summed E-state index contributed by atoms with van der Waals surface area (Å²) in [5.74, 6) is 0.169. The van der Waals surface area contributed by atoms with Gasteiger partial charge in [-0.15, -0.1) is 6.58 Å². The molecule has 1 aliphatic rings. The zero-order valence-corrected chi connectivity index (χ0v) is 12.5. The fourth-order valence-electron chi connectivity index (χ4n) is 2.53. The highest BCUT2D eigenvalue weighted by atomic mass is 16.2. The minimum absolute atomic E-state index is 0.0514. The molecule has 2 rings (SSSR count). The van der Waals surface area contributed by atoms with Crippen LogP contribution in [-0.4, -0.2) is 41.2 Å². The molecule has 1 aliphatic heterocycles. The normalized spacial score (nSPS) is 15.8. The lowest BCUT2D eigenvalue weighted by Crippen LogP contribution is -2.35. The smallest absolute Gasteiger partial charge is 0.226 e. The number of carbonyl (C=O) groups excluding carboxylic acids is 2. The SMILES string of the molecule is C=CCC(=O)N1CCC(=O)N(Cc2ccccc2C)CC1. The standard InChI is InChI=1S/C17H22N2O2/c1-3-6-16(20)18-10-9-17(21)19(12-11-18)13-15-8-5-4-7-14(15)2/h3-5,7-8H,1,6,9-13H2,2H3. The van der Waals surface area contributed by atoms with Gasteiger partial charge in [0, 0.05) is 39.0 Å². The van der Waals surface area contributed by atoms with Crippen LogP contribution in [0.5, 0.6) is 0 Å². The second-order valence-electron chi connectivity index (χ2n) is 5.37. The van der Waals surface area contributed by atoms with Gasteiger partial charge in [0.05, 0.1) is 0 Å². The van der Waals surface area contributed by atoms with E-state index in [-0.39, 0.29) is 11.8 Å². The van der Waals surface area contributed by atoms with Gasteiger partial charge in [0.25, 0.3) is 0 Å². The predicted molar refractivity (Wildman–Crippen MR) is 82.6 cm³/mol. The first-order valence-electron chi connectivity index (χ1n) is 7.32. The average molecular weight is 286 g/mol. The number of hydrogen-bond acceptors (Lipinski definition) is 2. The van der Waals surface area contributed by atoms with Crippen LogP contribution in [0.1, 0.15) is 24.0 Å². The summed E-state index contributed by atoms with van der Waals surface area (Å²) < 4.78 is 0. The third-order valence-electron chi connectivity index (χ3n) is 3.88. The number of amides is 2. The van der Waals surface area contributed by atoms with Gasteiger partial charge in [0.15, 0.2) is 0 Å². The summed E-state index contributed by atoms with van der Waals surface area (Å²) >= 11 is 0. The fourth-order valence-corrected chi connectivity index (χ4v) is 2.53. The van der Waals surface area contributed by atoms with Crippen molar-refractivity contribution in [1.29, 1.82) is 0 Å². The molecule has 1 saturated heterocycles. The van der Waals surface area contributed by atoms with Gasteiger partial charge in [-0.25, -0.2) is 0 Å². The van der Waals surface area contributed by atoms with Gasteiger partial charge >= 0.3 is 0 Å². The molecule has 1 aromatic rings. The summed E-state index contributed by atoms with van der Waals surface area (Å²) in [5.41, 5.74) is 2.35. The first-order valence-corrected chi connectivity index (χ1v) is 7.32. The summed E-state index contributed by atoms with van der Waals surface area (Å²) in [7, 11) is 0. The summed E-state index contributed by atoms with van der Waals surface area (Å²) in [4.78, 5) is 27.7. The molecule has 0 saturated carbocycles. The summed E-state index contributed by atoms with van der Waals surface area (Å²) in [6.45, 7) is 7.97. The zero-order chi connectivity index (χ0) is 15.2. The molecule has 0 spiro atoms.